The number of anilines is 1. The van der Waals surface area contributed by atoms with Gasteiger partial charge in [0.05, 0.1) is 47.0 Å². The van der Waals surface area contributed by atoms with E-state index in [1.54, 1.807) is 0 Å². The lowest BCUT2D eigenvalue weighted by molar-refractivity contribution is -0.870. The van der Waals surface area contributed by atoms with Crippen LogP contribution in [0, 0.1) is 13.8 Å². The van der Waals surface area contributed by atoms with E-state index >= 15 is 0 Å². The zero-order chi connectivity index (χ0) is 33.4. The van der Waals surface area contributed by atoms with Crippen molar-refractivity contribution in [1.29, 1.82) is 0 Å². The lowest BCUT2D eigenvalue weighted by Crippen LogP contribution is -2.35. The van der Waals surface area contributed by atoms with Crippen LogP contribution in [-0.2, 0) is 17.8 Å². The quantitative estimate of drug-likeness (QED) is 0.126. The molecule has 0 fully saturated rings. The van der Waals surface area contributed by atoms with Gasteiger partial charge in [0, 0.05) is 42.5 Å². The summed E-state index contributed by atoms with van der Waals surface area (Å²) in [7, 11) is 6.55. The number of carbonyl (C=O) groups is 2. The molecular formula is C39H50N5O3+. The maximum absolute atomic E-state index is 13.4. The van der Waals surface area contributed by atoms with E-state index in [0.29, 0.717) is 38.1 Å². The molecule has 0 unspecified atom stereocenters. The highest BCUT2D eigenvalue weighted by atomic mass is 16.5. The van der Waals surface area contributed by atoms with Gasteiger partial charge in [-0.25, -0.2) is 0 Å². The number of amides is 2. The summed E-state index contributed by atoms with van der Waals surface area (Å²) in [6, 6.07) is 20.1. The predicted molar refractivity (Wildman–Crippen MR) is 189 cm³/mol. The first-order valence-electron chi connectivity index (χ1n) is 16.9. The van der Waals surface area contributed by atoms with E-state index in [2.05, 4.69) is 69.8 Å². The predicted octanol–water partition coefficient (Wildman–Crippen LogP) is 6.57. The van der Waals surface area contributed by atoms with Gasteiger partial charge in [-0.2, -0.15) is 5.10 Å². The molecular weight excluding hydrogens is 586 g/mol. The summed E-state index contributed by atoms with van der Waals surface area (Å²) in [5.41, 5.74) is 8.37. The van der Waals surface area contributed by atoms with Gasteiger partial charge in [-0.15, -0.1) is 0 Å². The molecule has 2 amide bonds. The molecule has 8 nitrogen and oxygen atoms in total. The van der Waals surface area contributed by atoms with Gasteiger partial charge in [0.15, 0.2) is 0 Å². The number of nitrogens with zero attached hydrogens (tertiary/aromatic N) is 4. The standard InChI is InChI=1S/C39H49N5O3/c1-29-13-8-19-37(30(29)2)47-24-12-20-38(45)43-22-11-17-35-34(16-10-18-36(35)43)33-26-41-42(28-33)27-31-14-9-15-32(25-31)39(46)40-21-6-7-23-44(3,4)5/h8-10,13-16,18-19,25-26,28H,6-7,11-12,17,20-24,27H2,1-5H3/p+1. The molecule has 0 spiro atoms. The highest BCUT2D eigenvalue weighted by Crippen LogP contribution is 2.36. The molecule has 8 heteroatoms. The van der Waals surface area contributed by atoms with E-state index in [0.717, 1.165) is 76.9 Å². The number of aryl methyl sites for hydroxylation is 1. The van der Waals surface area contributed by atoms with Crippen molar-refractivity contribution < 1.29 is 18.8 Å². The number of rotatable bonds is 14. The Hall–Kier alpha value is -4.43. The number of hydrogen-bond donors (Lipinski definition) is 1. The van der Waals surface area contributed by atoms with E-state index in [9.17, 15) is 9.59 Å². The van der Waals surface area contributed by atoms with Crippen LogP contribution >= 0.6 is 0 Å². The van der Waals surface area contributed by atoms with Gasteiger partial charge in [-0.3, -0.25) is 14.3 Å². The topological polar surface area (TPSA) is 76.5 Å². The molecule has 248 valence electrons. The molecule has 0 atom stereocenters. The van der Waals surface area contributed by atoms with Crippen molar-refractivity contribution in [3.8, 4) is 16.9 Å². The van der Waals surface area contributed by atoms with Crippen molar-refractivity contribution >= 4 is 17.5 Å². The molecule has 0 radical (unpaired) electrons. The number of quaternary nitrogens is 1. The molecule has 0 bridgehead atoms. The molecule has 47 heavy (non-hydrogen) atoms. The Kier molecular flexibility index (Phi) is 11.1. The first-order valence-corrected chi connectivity index (χ1v) is 16.9. The SMILES string of the molecule is Cc1cccc(OCCCC(=O)N2CCCc3c(-c4cnn(Cc5cccc(C(=O)NCCCC[N+](C)(C)C)c5)c4)cccc32)c1C. The zero-order valence-corrected chi connectivity index (χ0v) is 28.7. The zero-order valence-electron chi connectivity index (χ0n) is 28.7. The van der Waals surface area contributed by atoms with Gasteiger partial charge in [-0.05, 0) is 98.0 Å². The van der Waals surface area contributed by atoms with Gasteiger partial charge in [0.2, 0.25) is 5.91 Å². The largest absolute Gasteiger partial charge is 0.493 e. The van der Waals surface area contributed by atoms with Crippen LogP contribution in [0.15, 0.2) is 73.1 Å². The van der Waals surface area contributed by atoms with Crippen LogP contribution in [0.5, 0.6) is 5.75 Å². The van der Waals surface area contributed by atoms with Crippen LogP contribution in [-0.4, -0.2) is 73.5 Å². The van der Waals surface area contributed by atoms with Crippen molar-refractivity contribution in [2.24, 2.45) is 0 Å². The van der Waals surface area contributed by atoms with Gasteiger partial charge in [-0.1, -0.05) is 36.4 Å². The Morgan fingerprint density at radius 3 is 2.62 bits per heavy atom. The van der Waals surface area contributed by atoms with Crippen LogP contribution in [0.25, 0.3) is 11.1 Å². The van der Waals surface area contributed by atoms with Crippen molar-refractivity contribution in [3.63, 3.8) is 0 Å². The summed E-state index contributed by atoms with van der Waals surface area (Å²) in [5, 5.41) is 7.73. The number of unbranched alkanes of at least 4 members (excludes halogenated alkanes) is 1. The molecule has 2 heterocycles. The van der Waals surface area contributed by atoms with E-state index in [1.165, 1.54) is 11.1 Å². The summed E-state index contributed by atoms with van der Waals surface area (Å²) in [6.07, 6.45) is 8.96. The van der Waals surface area contributed by atoms with Crippen molar-refractivity contribution in [2.75, 3.05) is 52.3 Å². The van der Waals surface area contributed by atoms with Crippen LogP contribution in [0.1, 0.15) is 64.7 Å². The molecule has 1 aliphatic rings. The van der Waals surface area contributed by atoms with Crippen LogP contribution in [0.2, 0.25) is 0 Å². The maximum atomic E-state index is 13.4. The molecule has 1 aromatic heterocycles. The number of ether oxygens (including phenoxy) is 1. The van der Waals surface area contributed by atoms with E-state index in [-0.39, 0.29) is 11.8 Å². The average Bonchev–Trinajstić information content (AvgIpc) is 3.51. The number of hydrogen-bond acceptors (Lipinski definition) is 4. The summed E-state index contributed by atoms with van der Waals surface area (Å²) in [4.78, 5) is 28.1. The van der Waals surface area contributed by atoms with Crippen molar-refractivity contribution in [3.05, 3.63) is 101 Å². The van der Waals surface area contributed by atoms with E-state index < -0.39 is 0 Å². The molecule has 1 aliphatic heterocycles. The highest BCUT2D eigenvalue weighted by Gasteiger charge is 2.25. The smallest absolute Gasteiger partial charge is 0.251 e. The Balaban J connectivity index is 1.18. The third kappa shape index (κ3) is 9.10. The minimum absolute atomic E-state index is 0.0397. The fourth-order valence-electron chi connectivity index (χ4n) is 6.18. The van der Waals surface area contributed by atoms with E-state index in [1.807, 2.05) is 58.2 Å². The van der Waals surface area contributed by atoms with Crippen LogP contribution in [0.3, 0.4) is 0 Å². The maximum Gasteiger partial charge on any atom is 0.251 e. The number of benzene rings is 3. The lowest BCUT2D eigenvalue weighted by Gasteiger charge is -2.31. The first kappa shape index (κ1) is 33.9. The van der Waals surface area contributed by atoms with Gasteiger partial charge < -0.3 is 19.4 Å². The summed E-state index contributed by atoms with van der Waals surface area (Å²) >= 11 is 0. The van der Waals surface area contributed by atoms with Gasteiger partial charge in [0.1, 0.15) is 5.75 Å². The van der Waals surface area contributed by atoms with Crippen molar-refractivity contribution in [2.45, 2.75) is 58.9 Å². The molecule has 0 saturated carbocycles. The van der Waals surface area contributed by atoms with Gasteiger partial charge >= 0.3 is 0 Å². The average molecular weight is 637 g/mol. The second kappa shape index (κ2) is 15.4. The Bertz CT molecular complexity index is 1690. The number of carbonyl (C=O) groups excluding carboxylic acids is 2. The summed E-state index contributed by atoms with van der Waals surface area (Å²) < 4.78 is 8.84. The van der Waals surface area contributed by atoms with Gasteiger partial charge in [0.25, 0.3) is 5.91 Å². The molecule has 0 aliphatic carbocycles. The molecule has 5 rings (SSSR count). The highest BCUT2D eigenvalue weighted by molar-refractivity contribution is 5.96. The number of aromatic nitrogens is 2. The normalized spacial score (nSPS) is 12.9. The molecule has 3 aromatic carbocycles. The lowest BCUT2D eigenvalue weighted by atomic mass is 9.93. The van der Waals surface area contributed by atoms with Crippen LogP contribution < -0.4 is 15.0 Å². The number of fused-ring (bicyclic) bond motifs is 1. The van der Waals surface area contributed by atoms with Crippen LogP contribution in [0.4, 0.5) is 5.69 Å². The molecule has 4 aromatic rings. The Labute approximate surface area is 279 Å². The Morgan fingerprint density at radius 1 is 0.979 bits per heavy atom. The van der Waals surface area contributed by atoms with Crippen molar-refractivity contribution in [1.82, 2.24) is 15.1 Å². The summed E-state index contributed by atoms with van der Waals surface area (Å²) in [6.45, 7) is 7.72. The Morgan fingerprint density at radius 2 is 1.79 bits per heavy atom. The third-order valence-electron chi connectivity index (χ3n) is 8.92. The summed E-state index contributed by atoms with van der Waals surface area (Å²) in [5.74, 6) is 0.986. The monoisotopic (exact) mass is 636 g/mol. The second-order valence-electron chi connectivity index (χ2n) is 13.7. The first-order chi connectivity index (χ1) is 22.6. The second-order valence-corrected chi connectivity index (χ2v) is 13.7. The third-order valence-corrected chi connectivity index (χ3v) is 8.92. The fraction of sp³-hybridized carbons (Fsp3) is 0.410. The molecule has 1 N–H and O–H groups in total. The minimum atomic E-state index is -0.0397. The number of nitrogens with one attached hydrogen (secondary N) is 1. The minimum Gasteiger partial charge on any atom is -0.493 e. The molecule has 0 saturated heterocycles. The van der Waals surface area contributed by atoms with E-state index in [4.69, 9.17) is 4.74 Å². The fourth-order valence-corrected chi connectivity index (χ4v) is 6.18.